The fraction of sp³-hybridized carbons (Fsp3) is 0.250. The van der Waals surface area contributed by atoms with E-state index in [4.69, 9.17) is 10.5 Å². The summed E-state index contributed by atoms with van der Waals surface area (Å²) in [5, 5.41) is 0. The molecular weight excluding hydrogens is 190 g/mol. The third-order valence-electron chi connectivity index (χ3n) is 2.32. The van der Waals surface area contributed by atoms with Crippen LogP contribution in [-0.4, -0.2) is 12.4 Å². The van der Waals surface area contributed by atoms with Crippen LogP contribution in [0.25, 0.3) is 0 Å². The van der Waals surface area contributed by atoms with Gasteiger partial charge in [0, 0.05) is 18.5 Å². The summed E-state index contributed by atoms with van der Waals surface area (Å²) in [5.41, 5.74) is 7.23. The van der Waals surface area contributed by atoms with E-state index in [-0.39, 0.29) is 5.78 Å². The second-order valence-electron chi connectivity index (χ2n) is 3.55. The Balaban J connectivity index is 2.02. The number of hydrogen-bond acceptors (Lipinski definition) is 3. The number of rotatable bonds is 3. The number of ether oxygens (including phenoxy) is 1. The van der Waals surface area contributed by atoms with E-state index in [1.165, 1.54) is 0 Å². The van der Waals surface area contributed by atoms with Gasteiger partial charge in [-0.15, -0.1) is 0 Å². The number of nitrogens with two attached hydrogens (primary N) is 1. The molecule has 0 saturated heterocycles. The molecule has 2 rings (SSSR count). The number of Topliss-reactive ketones (excluding diaryl/α,β-unsaturated/α-hetero) is 1. The van der Waals surface area contributed by atoms with Crippen LogP contribution in [0.15, 0.2) is 36.1 Å². The third-order valence-corrected chi connectivity index (χ3v) is 2.32. The van der Waals surface area contributed by atoms with Crippen molar-refractivity contribution >= 4 is 11.5 Å². The van der Waals surface area contributed by atoms with E-state index < -0.39 is 0 Å². The Morgan fingerprint density at radius 3 is 2.67 bits per heavy atom. The van der Waals surface area contributed by atoms with Crippen molar-refractivity contribution in [1.29, 1.82) is 0 Å². The van der Waals surface area contributed by atoms with Crippen LogP contribution in [0.5, 0.6) is 0 Å². The highest BCUT2D eigenvalue weighted by molar-refractivity contribution is 5.95. The van der Waals surface area contributed by atoms with Gasteiger partial charge in [0.1, 0.15) is 0 Å². The first-order valence-corrected chi connectivity index (χ1v) is 4.96. The zero-order chi connectivity index (χ0) is 10.7. The summed E-state index contributed by atoms with van der Waals surface area (Å²) < 4.78 is 5.20. The van der Waals surface area contributed by atoms with E-state index in [1.54, 1.807) is 12.1 Å². The Bertz CT molecular complexity index is 393. The summed E-state index contributed by atoms with van der Waals surface area (Å²) in [5.74, 6) is 0.545. The minimum atomic E-state index is 0.0391. The average Bonchev–Trinajstić information content (AvgIpc) is 2.74. The maximum atomic E-state index is 11.7. The van der Waals surface area contributed by atoms with Gasteiger partial charge in [-0.05, 0) is 23.8 Å². The monoisotopic (exact) mass is 203 g/mol. The number of carbonyl (C=O) groups excluding carboxylic acids is 1. The third kappa shape index (κ3) is 2.37. The summed E-state index contributed by atoms with van der Waals surface area (Å²) >= 11 is 0. The zero-order valence-electron chi connectivity index (χ0n) is 8.40. The van der Waals surface area contributed by atoms with Crippen molar-refractivity contribution in [3.63, 3.8) is 0 Å². The van der Waals surface area contributed by atoms with Gasteiger partial charge in [0.25, 0.3) is 0 Å². The molecule has 0 spiro atoms. The minimum absolute atomic E-state index is 0.0391. The smallest absolute Gasteiger partial charge is 0.201 e. The van der Waals surface area contributed by atoms with E-state index in [2.05, 4.69) is 0 Å². The second kappa shape index (κ2) is 4.17. The Morgan fingerprint density at radius 2 is 2.07 bits per heavy atom. The van der Waals surface area contributed by atoms with Gasteiger partial charge < -0.3 is 10.5 Å². The Hall–Kier alpha value is -1.77. The minimum Gasteiger partial charge on any atom is -0.490 e. The molecule has 1 heterocycles. The van der Waals surface area contributed by atoms with Gasteiger partial charge in [-0.25, -0.2) is 0 Å². The Kier molecular flexibility index (Phi) is 2.72. The van der Waals surface area contributed by atoms with Crippen LogP contribution in [0.4, 0.5) is 5.69 Å². The van der Waals surface area contributed by atoms with Gasteiger partial charge in [0.15, 0.2) is 5.76 Å². The fourth-order valence-corrected chi connectivity index (χ4v) is 1.52. The number of allylic oxidation sites excluding steroid dienone is 1. The number of ketones is 1. The van der Waals surface area contributed by atoms with Crippen molar-refractivity contribution < 1.29 is 9.53 Å². The van der Waals surface area contributed by atoms with E-state index in [0.29, 0.717) is 24.5 Å². The van der Waals surface area contributed by atoms with Crippen LogP contribution >= 0.6 is 0 Å². The van der Waals surface area contributed by atoms with Crippen LogP contribution in [0.1, 0.15) is 12.0 Å². The predicted octanol–water partition coefficient (Wildman–Crippen LogP) is 1.68. The number of nitrogen functional groups attached to an aromatic ring is 1. The van der Waals surface area contributed by atoms with Crippen molar-refractivity contribution in [2.45, 2.75) is 12.8 Å². The highest BCUT2D eigenvalue weighted by atomic mass is 16.5. The first-order chi connectivity index (χ1) is 7.25. The lowest BCUT2D eigenvalue weighted by molar-refractivity contribution is -0.117. The lowest BCUT2D eigenvalue weighted by Gasteiger charge is -2.03. The lowest BCUT2D eigenvalue weighted by atomic mass is 10.1. The summed E-state index contributed by atoms with van der Waals surface area (Å²) in [6.07, 6.45) is 3.06. The van der Waals surface area contributed by atoms with Gasteiger partial charge in [0.05, 0.1) is 6.61 Å². The van der Waals surface area contributed by atoms with Gasteiger partial charge >= 0.3 is 0 Å². The fourth-order valence-electron chi connectivity index (χ4n) is 1.52. The maximum Gasteiger partial charge on any atom is 0.201 e. The van der Waals surface area contributed by atoms with Crippen molar-refractivity contribution in [3.05, 3.63) is 41.7 Å². The molecule has 1 aliphatic heterocycles. The lowest BCUT2D eigenvalue weighted by Crippen LogP contribution is -2.06. The van der Waals surface area contributed by atoms with E-state index in [0.717, 1.165) is 12.0 Å². The summed E-state index contributed by atoms with van der Waals surface area (Å²) in [7, 11) is 0. The average molecular weight is 203 g/mol. The molecule has 0 amide bonds. The molecule has 0 saturated carbocycles. The molecule has 0 aromatic heterocycles. The van der Waals surface area contributed by atoms with Crippen LogP contribution in [0, 0.1) is 0 Å². The molecule has 1 aromatic rings. The molecule has 3 nitrogen and oxygen atoms in total. The molecule has 0 bridgehead atoms. The molecule has 0 radical (unpaired) electrons. The van der Waals surface area contributed by atoms with Crippen molar-refractivity contribution in [2.24, 2.45) is 0 Å². The van der Waals surface area contributed by atoms with Gasteiger partial charge in [0.2, 0.25) is 5.78 Å². The van der Waals surface area contributed by atoms with Crippen LogP contribution in [0.3, 0.4) is 0 Å². The standard InChI is InChI=1S/C12H13NO2/c13-10-5-3-9(4-6-10)8-11(14)12-2-1-7-15-12/h2-6H,1,7-8,13H2. The van der Waals surface area contributed by atoms with Crippen molar-refractivity contribution in [1.82, 2.24) is 0 Å². The highest BCUT2D eigenvalue weighted by Crippen LogP contribution is 2.14. The molecule has 0 atom stereocenters. The number of anilines is 1. The maximum absolute atomic E-state index is 11.7. The number of carbonyl (C=O) groups is 1. The van der Waals surface area contributed by atoms with Crippen LogP contribution in [-0.2, 0) is 16.0 Å². The van der Waals surface area contributed by atoms with Gasteiger partial charge in [-0.1, -0.05) is 12.1 Å². The highest BCUT2D eigenvalue weighted by Gasteiger charge is 2.14. The topological polar surface area (TPSA) is 52.3 Å². The second-order valence-corrected chi connectivity index (χ2v) is 3.55. The number of hydrogen-bond donors (Lipinski definition) is 1. The summed E-state index contributed by atoms with van der Waals surface area (Å²) in [6, 6.07) is 7.32. The van der Waals surface area contributed by atoms with E-state index >= 15 is 0 Å². The molecule has 78 valence electrons. The first-order valence-electron chi connectivity index (χ1n) is 4.96. The quantitative estimate of drug-likeness (QED) is 0.760. The summed E-state index contributed by atoms with van der Waals surface area (Å²) in [4.78, 5) is 11.7. The predicted molar refractivity (Wildman–Crippen MR) is 58.2 cm³/mol. The molecule has 2 N–H and O–H groups in total. The van der Waals surface area contributed by atoms with Gasteiger partial charge in [-0.2, -0.15) is 0 Å². The molecule has 0 fully saturated rings. The number of benzene rings is 1. The summed E-state index contributed by atoms with van der Waals surface area (Å²) in [6.45, 7) is 0.628. The van der Waals surface area contributed by atoms with E-state index in [9.17, 15) is 4.79 Å². The van der Waals surface area contributed by atoms with E-state index in [1.807, 2.05) is 18.2 Å². The molecule has 0 unspecified atom stereocenters. The largest absolute Gasteiger partial charge is 0.490 e. The molecule has 15 heavy (non-hydrogen) atoms. The van der Waals surface area contributed by atoms with Crippen molar-refractivity contribution in [3.8, 4) is 0 Å². The molecule has 3 heteroatoms. The molecule has 1 aromatic carbocycles. The SMILES string of the molecule is Nc1ccc(CC(=O)C2=CCCO2)cc1. The first kappa shape index (κ1) is 9.77. The van der Waals surface area contributed by atoms with Crippen LogP contribution in [0.2, 0.25) is 0 Å². The normalized spacial score (nSPS) is 14.5. The zero-order valence-corrected chi connectivity index (χ0v) is 8.40. The van der Waals surface area contributed by atoms with Gasteiger partial charge in [-0.3, -0.25) is 4.79 Å². The van der Waals surface area contributed by atoms with Crippen LogP contribution < -0.4 is 5.73 Å². The molecule has 0 aliphatic carbocycles. The molecule has 1 aliphatic rings. The Labute approximate surface area is 88.5 Å². The molecular formula is C12H13NO2. The van der Waals surface area contributed by atoms with Crippen molar-refractivity contribution in [2.75, 3.05) is 12.3 Å². The Morgan fingerprint density at radius 1 is 1.33 bits per heavy atom.